The maximum Gasteiger partial charge on any atom is 0.135 e. The van der Waals surface area contributed by atoms with Gasteiger partial charge in [-0.3, -0.25) is 5.41 Å². The van der Waals surface area contributed by atoms with Crippen LogP contribution in [0.1, 0.15) is 11.7 Å². The molecule has 0 aliphatic heterocycles. The van der Waals surface area contributed by atoms with Crippen LogP contribution in [-0.2, 0) is 0 Å². The number of hydrogen-bond donors (Lipinski definition) is 3. The van der Waals surface area contributed by atoms with Gasteiger partial charge in [-0.15, -0.1) is 0 Å². The van der Waals surface area contributed by atoms with Crippen LogP contribution in [-0.4, -0.2) is 10.9 Å². The van der Waals surface area contributed by atoms with E-state index in [-0.39, 0.29) is 5.84 Å². The lowest BCUT2D eigenvalue weighted by Gasteiger charge is -2.07. The fourth-order valence-electron chi connectivity index (χ4n) is 0.815. The number of aliphatic hydroxyl groups excluding tert-OH is 1. The standard InChI is InChI=1S/C8H10N2O/c9-8(10)7(11)6-4-2-1-3-5-6/h1-5,7,11H,(H3,9,10). The van der Waals surface area contributed by atoms with Crippen molar-refractivity contribution >= 4 is 5.84 Å². The minimum atomic E-state index is -0.962. The molecule has 4 N–H and O–H groups in total. The van der Waals surface area contributed by atoms with Crippen LogP contribution >= 0.6 is 0 Å². The van der Waals surface area contributed by atoms with Crippen molar-refractivity contribution < 1.29 is 5.11 Å². The summed E-state index contributed by atoms with van der Waals surface area (Å²) in [5.41, 5.74) is 5.75. The molecule has 3 nitrogen and oxygen atoms in total. The Morgan fingerprint density at radius 1 is 1.36 bits per heavy atom. The first kappa shape index (κ1) is 7.75. The summed E-state index contributed by atoms with van der Waals surface area (Å²) in [6.07, 6.45) is -0.962. The molecule has 1 atom stereocenters. The summed E-state index contributed by atoms with van der Waals surface area (Å²) in [5.74, 6) is -0.226. The zero-order valence-corrected chi connectivity index (χ0v) is 5.99. The Morgan fingerprint density at radius 3 is 2.36 bits per heavy atom. The van der Waals surface area contributed by atoms with Gasteiger partial charge in [-0.25, -0.2) is 0 Å². The predicted octanol–water partition coefficient (Wildman–Crippen LogP) is 0.656. The third kappa shape index (κ3) is 1.78. The Labute approximate surface area is 65.0 Å². The normalized spacial score (nSPS) is 12.5. The molecule has 0 aromatic heterocycles. The average molecular weight is 150 g/mol. The molecule has 1 aromatic carbocycles. The Morgan fingerprint density at radius 2 is 1.91 bits per heavy atom. The van der Waals surface area contributed by atoms with E-state index in [1.165, 1.54) is 0 Å². The van der Waals surface area contributed by atoms with Crippen LogP contribution in [0.25, 0.3) is 0 Å². The van der Waals surface area contributed by atoms with Crippen molar-refractivity contribution in [3.8, 4) is 0 Å². The van der Waals surface area contributed by atoms with Gasteiger partial charge in [0.15, 0.2) is 0 Å². The van der Waals surface area contributed by atoms with Crippen LogP contribution in [0, 0.1) is 5.41 Å². The number of benzene rings is 1. The van der Waals surface area contributed by atoms with Crippen LogP contribution in [0.2, 0.25) is 0 Å². The van der Waals surface area contributed by atoms with Crippen molar-refractivity contribution in [2.75, 3.05) is 0 Å². The highest BCUT2D eigenvalue weighted by Gasteiger charge is 2.08. The van der Waals surface area contributed by atoms with Crippen LogP contribution in [0.5, 0.6) is 0 Å². The molecule has 1 rings (SSSR count). The van der Waals surface area contributed by atoms with Crippen LogP contribution in [0.3, 0.4) is 0 Å². The molecule has 0 amide bonds. The summed E-state index contributed by atoms with van der Waals surface area (Å²) in [5, 5.41) is 16.2. The molecule has 1 aromatic rings. The second kappa shape index (κ2) is 3.16. The van der Waals surface area contributed by atoms with E-state index in [0.29, 0.717) is 5.56 Å². The molecule has 11 heavy (non-hydrogen) atoms. The van der Waals surface area contributed by atoms with Crippen LogP contribution in [0.4, 0.5) is 0 Å². The van der Waals surface area contributed by atoms with Gasteiger partial charge in [-0.1, -0.05) is 30.3 Å². The van der Waals surface area contributed by atoms with Crippen molar-refractivity contribution in [2.45, 2.75) is 6.10 Å². The van der Waals surface area contributed by atoms with Gasteiger partial charge in [-0.05, 0) is 5.56 Å². The fourth-order valence-corrected chi connectivity index (χ4v) is 0.815. The molecule has 0 bridgehead atoms. The Balaban J connectivity index is 2.85. The Hall–Kier alpha value is -1.35. The smallest absolute Gasteiger partial charge is 0.135 e. The molecule has 0 saturated heterocycles. The SMILES string of the molecule is N=C(N)C(O)c1ccccc1. The summed E-state index contributed by atoms with van der Waals surface area (Å²) in [6, 6.07) is 8.89. The minimum Gasteiger partial charge on any atom is -0.385 e. The molecule has 0 heterocycles. The maximum atomic E-state index is 9.25. The monoisotopic (exact) mass is 150 g/mol. The van der Waals surface area contributed by atoms with E-state index >= 15 is 0 Å². The molecule has 0 spiro atoms. The third-order valence-corrected chi connectivity index (χ3v) is 1.41. The largest absolute Gasteiger partial charge is 0.385 e. The van der Waals surface area contributed by atoms with E-state index in [0.717, 1.165) is 0 Å². The highest BCUT2D eigenvalue weighted by Crippen LogP contribution is 2.10. The first-order valence-electron chi connectivity index (χ1n) is 3.28. The molecule has 0 saturated carbocycles. The second-order valence-electron chi connectivity index (χ2n) is 2.27. The van der Waals surface area contributed by atoms with Crippen molar-refractivity contribution in [1.29, 1.82) is 5.41 Å². The Kier molecular flexibility index (Phi) is 2.23. The van der Waals surface area contributed by atoms with Gasteiger partial charge in [0.1, 0.15) is 11.9 Å². The summed E-state index contributed by atoms with van der Waals surface area (Å²) < 4.78 is 0. The molecule has 0 radical (unpaired) electrons. The summed E-state index contributed by atoms with van der Waals surface area (Å²) in [4.78, 5) is 0. The zero-order chi connectivity index (χ0) is 8.27. The van der Waals surface area contributed by atoms with Crippen molar-refractivity contribution in [3.63, 3.8) is 0 Å². The van der Waals surface area contributed by atoms with Gasteiger partial charge >= 0.3 is 0 Å². The van der Waals surface area contributed by atoms with Crippen LogP contribution in [0.15, 0.2) is 30.3 Å². The van der Waals surface area contributed by atoms with Gasteiger partial charge in [0, 0.05) is 0 Å². The number of nitrogens with one attached hydrogen (secondary N) is 1. The van der Waals surface area contributed by atoms with E-state index < -0.39 is 6.10 Å². The molecular formula is C8H10N2O. The number of hydrogen-bond acceptors (Lipinski definition) is 2. The molecule has 0 fully saturated rings. The number of nitrogens with two attached hydrogens (primary N) is 1. The zero-order valence-electron chi connectivity index (χ0n) is 5.99. The molecule has 58 valence electrons. The van der Waals surface area contributed by atoms with Crippen molar-refractivity contribution in [2.24, 2.45) is 5.73 Å². The fraction of sp³-hybridized carbons (Fsp3) is 0.125. The topological polar surface area (TPSA) is 70.1 Å². The molecule has 0 aliphatic rings. The van der Waals surface area contributed by atoms with Gasteiger partial charge in [0.25, 0.3) is 0 Å². The quantitative estimate of drug-likeness (QED) is 0.428. The summed E-state index contributed by atoms with van der Waals surface area (Å²) in [7, 11) is 0. The number of rotatable bonds is 2. The van der Waals surface area contributed by atoms with E-state index in [1.807, 2.05) is 6.07 Å². The highest BCUT2D eigenvalue weighted by molar-refractivity contribution is 5.82. The van der Waals surface area contributed by atoms with E-state index in [4.69, 9.17) is 11.1 Å². The summed E-state index contributed by atoms with van der Waals surface area (Å²) >= 11 is 0. The van der Waals surface area contributed by atoms with Gasteiger partial charge in [0.05, 0.1) is 0 Å². The molecule has 3 heteroatoms. The lowest BCUT2D eigenvalue weighted by atomic mass is 10.1. The van der Waals surface area contributed by atoms with Crippen molar-refractivity contribution in [1.82, 2.24) is 0 Å². The van der Waals surface area contributed by atoms with Gasteiger partial charge in [0.2, 0.25) is 0 Å². The average Bonchev–Trinajstić information content (AvgIpc) is 2.05. The first-order valence-corrected chi connectivity index (χ1v) is 3.28. The second-order valence-corrected chi connectivity index (χ2v) is 2.27. The lowest BCUT2D eigenvalue weighted by molar-refractivity contribution is 0.245. The lowest BCUT2D eigenvalue weighted by Crippen LogP contribution is -2.19. The molecular weight excluding hydrogens is 140 g/mol. The van der Waals surface area contributed by atoms with Gasteiger partial charge in [-0.2, -0.15) is 0 Å². The Bertz CT molecular complexity index is 246. The van der Waals surface area contributed by atoms with Crippen LogP contribution < -0.4 is 5.73 Å². The maximum absolute atomic E-state index is 9.25. The summed E-state index contributed by atoms with van der Waals surface area (Å²) in [6.45, 7) is 0. The van der Waals surface area contributed by atoms with E-state index in [9.17, 15) is 5.11 Å². The van der Waals surface area contributed by atoms with Gasteiger partial charge < -0.3 is 10.8 Å². The highest BCUT2D eigenvalue weighted by atomic mass is 16.3. The minimum absolute atomic E-state index is 0.226. The number of amidine groups is 1. The first-order chi connectivity index (χ1) is 5.22. The third-order valence-electron chi connectivity index (χ3n) is 1.41. The van der Waals surface area contributed by atoms with E-state index in [2.05, 4.69) is 0 Å². The predicted molar refractivity (Wildman–Crippen MR) is 43.3 cm³/mol. The van der Waals surface area contributed by atoms with Crippen molar-refractivity contribution in [3.05, 3.63) is 35.9 Å². The number of aliphatic hydroxyl groups is 1. The molecule has 1 unspecified atom stereocenters. The van der Waals surface area contributed by atoms with E-state index in [1.54, 1.807) is 24.3 Å². The molecule has 0 aliphatic carbocycles.